The molecule has 4 aromatic rings. The van der Waals surface area contributed by atoms with Gasteiger partial charge in [0, 0.05) is 79.3 Å². The highest BCUT2D eigenvalue weighted by Gasteiger charge is 2.50. The van der Waals surface area contributed by atoms with Crippen molar-refractivity contribution >= 4 is 40.1 Å². The average molecular weight is 674 g/mol. The zero-order chi connectivity index (χ0) is 35.0. The van der Waals surface area contributed by atoms with Crippen LogP contribution in [0.5, 0.6) is 0 Å². The molecule has 1 aliphatic carbocycles. The van der Waals surface area contributed by atoms with Gasteiger partial charge in [-0.1, -0.05) is 42.5 Å². The minimum atomic E-state index is -0.817. The number of likely N-dealkylation sites (N-methyl/N-ethyl adjacent to an activating group) is 2. The molecule has 1 aromatic heterocycles. The van der Waals surface area contributed by atoms with Crippen LogP contribution in [0.1, 0.15) is 62.0 Å². The standard InChI is InChI=1S/C39H43N7O4/c1-39-15-14-32(44-21-17-41-26-44)28-10-6-13-31(34(28)39)37(49)46(38(39)50)24-22-42(3)18-7-19-43(20-16-40-2)23-25-45-35(47)29-11-4-8-27-9-5-12-30(33(27)29)36(45)48/h4-6,8-14,17,21,26,40H,7,15-16,18-20,22-25H2,1-3H3. The van der Waals surface area contributed by atoms with Gasteiger partial charge in [0.1, 0.15) is 0 Å². The number of nitrogens with zero attached hydrogens (tertiary/aromatic N) is 6. The lowest BCUT2D eigenvalue weighted by Gasteiger charge is -2.43. The number of aromatic nitrogens is 2. The number of rotatable bonds is 14. The third-order valence-electron chi connectivity index (χ3n) is 10.5. The van der Waals surface area contributed by atoms with E-state index in [9.17, 15) is 19.2 Å². The Bertz CT molecular complexity index is 1950. The highest BCUT2D eigenvalue weighted by atomic mass is 16.2. The summed E-state index contributed by atoms with van der Waals surface area (Å²) in [6.07, 6.45) is 8.75. The summed E-state index contributed by atoms with van der Waals surface area (Å²) in [6.45, 7) is 6.77. The summed E-state index contributed by atoms with van der Waals surface area (Å²) >= 11 is 0. The molecule has 2 aliphatic heterocycles. The van der Waals surface area contributed by atoms with Crippen LogP contribution in [0.4, 0.5) is 0 Å². The van der Waals surface area contributed by atoms with Gasteiger partial charge in [0.25, 0.3) is 17.7 Å². The number of benzene rings is 3. The van der Waals surface area contributed by atoms with E-state index in [0.717, 1.165) is 60.2 Å². The summed E-state index contributed by atoms with van der Waals surface area (Å²) in [5, 5.41) is 4.84. The quantitative estimate of drug-likeness (QED) is 0.202. The van der Waals surface area contributed by atoms with Gasteiger partial charge >= 0.3 is 0 Å². The Labute approximate surface area is 292 Å². The van der Waals surface area contributed by atoms with Crippen LogP contribution in [-0.2, 0) is 10.2 Å². The van der Waals surface area contributed by atoms with Crippen LogP contribution in [-0.4, -0.2) is 119 Å². The van der Waals surface area contributed by atoms with Gasteiger partial charge in [0.05, 0.1) is 17.4 Å². The summed E-state index contributed by atoms with van der Waals surface area (Å²) in [4.78, 5) is 66.0. The zero-order valence-corrected chi connectivity index (χ0v) is 28.9. The molecular formula is C39H43N7O4. The van der Waals surface area contributed by atoms with Crippen LogP contribution in [0.25, 0.3) is 16.5 Å². The fourth-order valence-electron chi connectivity index (χ4n) is 7.71. The number of imidazole rings is 1. The molecule has 3 heterocycles. The Kier molecular flexibility index (Phi) is 9.21. The Morgan fingerprint density at radius 3 is 2.16 bits per heavy atom. The van der Waals surface area contributed by atoms with Crippen LogP contribution < -0.4 is 5.32 Å². The molecule has 0 spiro atoms. The minimum absolute atomic E-state index is 0.157. The second kappa shape index (κ2) is 13.7. The highest BCUT2D eigenvalue weighted by molar-refractivity contribution is 6.25. The lowest BCUT2D eigenvalue weighted by molar-refractivity contribution is -0.135. The Hall–Kier alpha value is -4.97. The molecule has 0 saturated heterocycles. The fourth-order valence-corrected chi connectivity index (χ4v) is 7.71. The van der Waals surface area contributed by atoms with Crippen LogP contribution >= 0.6 is 0 Å². The minimum Gasteiger partial charge on any atom is -0.318 e. The first-order valence-electron chi connectivity index (χ1n) is 17.3. The topological polar surface area (TPSA) is 111 Å². The molecule has 0 radical (unpaired) electrons. The maximum absolute atomic E-state index is 14.0. The number of carbonyl (C=O) groups is 4. The number of hydrogen-bond acceptors (Lipinski definition) is 8. The van der Waals surface area contributed by atoms with Crippen molar-refractivity contribution in [2.24, 2.45) is 0 Å². The van der Waals surface area contributed by atoms with Gasteiger partial charge in [-0.25, -0.2) is 4.98 Å². The molecular weight excluding hydrogens is 630 g/mol. The summed E-state index contributed by atoms with van der Waals surface area (Å²) in [5.74, 6) is -0.894. The van der Waals surface area contributed by atoms with Crippen molar-refractivity contribution in [1.82, 2.24) is 34.5 Å². The molecule has 3 aliphatic rings. The predicted molar refractivity (Wildman–Crippen MR) is 192 cm³/mol. The Morgan fingerprint density at radius 1 is 0.800 bits per heavy atom. The molecule has 4 amide bonds. The van der Waals surface area contributed by atoms with Crippen molar-refractivity contribution in [3.63, 3.8) is 0 Å². The SMILES string of the molecule is CNCCN(CCCN(C)CCN1C(=O)c2cccc3c2C(C)(CC=C3n2ccnc2)C1=O)CCN1C(=O)c2cccc3cccc(c23)C1=O. The Balaban J connectivity index is 0.953. The molecule has 258 valence electrons. The van der Waals surface area contributed by atoms with E-state index in [4.69, 9.17) is 0 Å². The van der Waals surface area contributed by atoms with E-state index < -0.39 is 5.41 Å². The lowest BCUT2D eigenvalue weighted by Crippen LogP contribution is -2.55. The maximum Gasteiger partial charge on any atom is 0.261 e. The molecule has 0 bridgehead atoms. The third kappa shape index (κ3) is 5.85. The number of nitrogens with one attached hydrogen (secondary N) is 1. The van der Waals surface area contributed by atoms with Crippen molar-refractivity contribution < 1.29 is 19.2 Å². The first-order valence-corrected chi connectivity index (χ1v) is 17.3. The lowest BCUT2D eigenvalue weighted by atomic mass is 9.68. The Morgan fingerprint density at radius 2 is 1.46 bits per heavy atom. The molecule has 7 rings (SSSR count). The van der Waals surface area contributed by atoms with E-state index in [-0.39, 0.29) is 23.6 Å². The number of carbonyl (C=O) groups excluding carboxylic acids is 4. The van der Waals surface area contributed by atoms with Gasteiger partial charge in [-0.3, -0.25) is 29.0 Å². The van der Waals surface area contributed by atoms with E-state index in [1.807, 2.05) is 74.2 Å². The van der Waals surface area contributed by atoms with Crippen molar-refractivity contribution in [1.29, 1.82) is 0 Å². The number of imide groups is 2. The van der Waals surface area contributed by atoms with Crippen LogP contribution in [0, 0.1) is 0 Å². The first-order chi connectivity index (χ1) is 24.2. The predicted octanol–water partition coefficient (Wildman–Crippen LogP) is 3.71. The molecule has 0 saturated carbocycles. The van der Waals surface area contributed by atoms with Crippen molar-refractivity contribution in [2.75, 3.05) is 66.5 Å². The summed E-state index contributed by atoms with van der Waals surface area (Å²) in [6, 6.07) is 16.9. The van der Waals surface area contributed by atoms with Crippen LogP contribution in [0.3, 0.4) is 0 Å². The van der Waals surface area contributed by atoms with Crippen molar-refractivity contribution in [3.05, 3.63) is 107 Å². The van der Waals surface area contributed by atoms with E-state index >= 15 is 0 Å². The molecule has 1 unspecified atom stereocenters. The number of allylic oxidation sites excluding steroid dienone is 1. The second-order valence-corrected chi connectivity index (χ2v) is 13.7. The van der Waals surface area contributed by atoms with E-state index in [0.29, 0.717) is 49.3 Å². The normalized spacial score (nSPS) is 18.5. The highest BCUT2D eigenvalue weighted by Crippen LogP contribution is 2.45. The van der Waals surface area contributed by atoms with E-state index in [1.165, 1.54) is 9.80 Å². The van der Waals surface area contributed by atoms with Gasteiger partial charge in [0.2, 0.25) is 5.91 Å². The van der Waals surface area contributed by atoms with Gasteiger partial charge in [-0.2, -0.15) is 0 Å². The second-order valence-electron chi connectivity index (χ2n) is 13.7. The van der Waals surface area contributed by atoms with Crippen LogP contribution in [0.2, 0.25) is 0 Å². The smallest absolute Gasteiger partial charge is 0.261 e. The maximum atomic E-state index is 14.0. The van der Waals surface area contributed by atoms with Gasteiger partial charge < -0.3 is 19.7 Å². The average Bonchev–Trinajstić information content (AvgIpc) is 3.66. The van der Waals surface area contributed by atoms with Gasteiger partial charge in [-0.15, -0.1) is 0 Å². The number of amides is 4. The zero-order valence-electron chi connectivity index (χ0n) is 28.9. The van der Waals surface area contributed by atoms with Gasteiger partial charge in [0.15, 0.2) is 0 Å². The molecule has 3 aromatic carbocycles. The molecule has 1 atom stereocenters. The van der Waals surface area contributed by atoms with Crippen molar-refractivity contribution in [2.45, 2.75) is 25.2 Å². The molecule has 50 heavy (non-hydrogen) atoms. The summed E-state index contributed by atoms with van der Waals surface area (Å²) < 4.78 is 1.93. The molecule has 1 N–H and O–H groups in total. The van der Waals surface area contributed by atoms with Crippen LogP contribution in [0.15, 0.2) is 79.4 Å². The fraction of sp³-hybridized carbons (Fsp3) is 0.359. The van der Waals surface area contributed by atoms with E-state index in [1.54, 1.807) is 24.7 Å². The monoisotopic (exact) mass is 673 g/mol. The molecule has 11 heteroatoms. The largest absolute Gasteiger partial charge is 0.318 e. The summed E-state index contributed by atoms with van der Waals surface area (Å²) in [5.41, 5.74) is 3.55. The first kappa shape index (κ1) is 33.5. The molecule has 0 fully saturated rings. The van der Waals surface area contributed by atoms with E-state index in [2.05, 4.69) is 26.2 Å². The molecule has 11 nitrogen and oxygen atoms in total. The van der Waals surface area contributed by atoms with Gasteiger partial charge in [-0.05, 0) is 76.1 Å². The van der Waals surface area contributed by atoms with Crippen molar-refractivity contribution in [3.8, 4) is 0 Å². The summed E-state index contributed by atoms with van der Waals surface area (Å²) in [7, 11) is 3.92. The number of hydrogen-bond donors (Lipinski definition) is 1. The third-order valence-corrected chi connectivity index (χ3v) is 10.5.